The van der Waals surface area contributed by atoms with Gasteiger partial charge in [0.15, 0.2) is 0 Å². The van der Waals surface area contributed by atoms with Crippen molar-refractivity contribution in [2.24, 2.45) is 5.73 Å². The Kier molecular flexibility index (Phi) is 3.65. The van der Waals surface area contributed by atoms with Crippen LogP contribution in [0.3, 0.4) is 0 Å². The van der Waals surface area contributed by atoms with Crippen molar-refractivity contribution in [1.29, 1.82) is 0 Å². The number of halogens is 1. The Bertz CT molecular complexity index is 390. The number of nitrogens with zero attached hydrogens (tertiary/aromatic N) is 1. The van der Waals surface area contributed by atoms with Gasteiger partial charge >= 0.3 is 0 Å². The molecule has 0 aliphatic carbocycles. The van der Waals surface area contributed by atoms with Gasteiger partial charge in [0.05, 0.1) is 0 Å². The third kappa shape index (κ3) is 2.58. The van der Waals surface area contributed by atoms with Crippen molar-refractivity contribution < 1.29 is 9.18 Å². The Balaban J connectivity index is 2.95. The van der Waals surface area contributed by atoms with Gasteiger partial charge in [-0.2, -0.15) is 0 Å². The van der Waals surface area contributed by atoms with Crippen LogP contribution < -0.4 is 5.73 Å². The van der Waals surface area contributed by atoms with Gasteiger partial charge in [-0.1, -0.05) is 6.07 Å². The number of carbonyl (C=O) groups excluding carboxylic acids is 1. The van der Waals surface area contributed by atoms with Gasteiger partial charge < -0.3 is 10.6 Å². The van der Waals surface area contributed by atoms with Crippen molar-refractivity contribution in [3.63, 3.8) is 0 Å². The molecule has 0 saturated heterocycles. The average molecular weight is 224 g/mol. The number of nitrogens with two attached hydrogens (primary N) is 1. The molecule has 4 heteroatoms. The Morgan fingerprint density at radius 2 is 2.12 bits per heavy atom. The summed E-state index contributed by atoms with van der Waals surface area (Å²) >= 11 is 0. The zero-order valence-electron chi connectivity index (χ0n) is 9.83. The Labute approximate surface area is 95.0 Å². The first-order chi connectivity index (χ1) is 7.38. The predicted molar refractivity (Wildman–Crippen MR) is 61.6 cm³/mol. The fourth-order valence-electron chi connectivity index (χ4n) is 1.23. The summed E-state index contributed by atoms with van der Waals surface area (Å²) in [6.45, 7) is 4.08. The first kappa shape index (κ1) is 12.6. The third-order valence-corrected chi connectivity index (χ3v) is 2.78. The van der Waals surface area contributed by atoms with Gasteiger partial charge in [-0.25, -0.2) is 4.39 Å². The fraction of sp³-hybridized carbons (Fsp3) is 0.417. The number of likely N-dealkylation sites (N-methyl/N-ethyl adjacent to an activating group) is 1. The van der Waals surface area contributed by atoms with Crippen molar-refractivity contribution in [1.82, 2.24) is 4.90 Å². The van der Waals surface area contributed by atoms with Crippen LogP contribution in [0, 0.1) is 5.82 Å². The van der Waals surface area contributed by atoms with Crippen LogP contribution in [0.1, 0.15) is 24.2 Å². The van der Waals surface area contributed by atoms with E-state index in [2.05, 4.69) is 0 Å². The largest absolute Gasteiger partial charge is 0.335 e. The van der Waals surface area contributed by atoms with Gasteiger partial charge in [0.25, 0.3) is 5.91 Å². The lowest BCUT2D eigenvalue weighted by Crippen LogP contribution is -2.50. The molecule has 0 saturated carbocycles. The van der Waals surface area contributed by atoms with Crippen LogP contribution >= 0.6 is 0 Å². The molecular weight excluding hydrogens is 207 g/mol. The van der Waals surface area contributed by atoms with Crippen LogP contribution in [-0.4, -0.2) is 29.9 Å². The summed E-state index contributed by atoms with van der Waals surface area (Å²) in [6, 6.07) is 5.65. The highest BCUT2D eigenvalue weighted by atomic mass is 19.1. The van der Waals surface area contributed by atoms with Crippen LogP contribution in [0.4, 0.5) is 4.39 Å². The summed E-state index contributed by atoms with van der Waals surface area (Å²) in [7, 11) is 1.67. The SMILES string of the molecule is CN(C(=O)c1cccc(F)c1)C(C)(C)CN. The molecule has 0 unspecified atom stereocenters. The van der Waals surface area contributed by atoms with Crippen molar-refractivity contribution in [3.05, 3.63) is 35.6 Å². The number of amides is 1. The van der Waals surface area contributed by atoms with E-state index in [4.69, 9.17) is 5.73 Å². The standard InChI is InChI=1S/C12H17FN2O/c1-12(2,8-14)15(3)11(16)9-5-4-6-10(13)7-9/h4-7H,8,14H2,1-3H3. The maximum atomic E-state index is 13.0. The Morgan fingerprint density at radius 3 is 2.62 bits per heavy atom. The normalized spacial score (nSPS) is 11.3. The summed E-state index contributed by atoms with van der Waals surface area (Å²) in [5.41, 5.74) is 5.48. The van der Waals surface area contributed by atoms with Crippen molar-refractivity contribution >= 4 is 5.91 Å². The second-order valence-corrected chi connectivity index (χ2v) is 4.39. The zero-order valence-corrected chi connectivity index (χ0v) is 9.83. The lowest BCUT2D eigenvalue weighted by atomic mass is 10.0. The average Bonchev–Trinajstić information content (AvgIpc) is 2.27. The summed E-state index contributed by atoms with van der Waals surface area (Å²) in [5, 5.41) is 0. The van der Waals surface area contributed by atoms with Gasteiger partial charge in [0.2, 0.25) is 0 Å². The van der Waals surface area contributed by atoms with Crippen LogP contribution in [0.2, 0.25) is 0 Å². The quantitative estimate of drug-likeness (QED) is 0.848. The molecule has 0 aromatic heterocycles. The maximum Gasteiger partial charge on any atom is 0.254 e. The molecule has 0 atom stereocenters. The molecule has 0 spiro atoms. The second-order valence-electron chi connectivity index (χ2n) is 4.39. The minimum Gasteiger partial charge on any atom is -0.335 e. The number of hydrogen-bond acceptors (Lipinski definition) is 2. The molecule has 3 nitrogen and oxygen atoms in total. The van der Waals surface area contributed by atoms with E-state index >= 15 is 0 Å². The molecule has 0 aliphatic heterocycles. The molecule has 1 aromatic rings. The molecule has 1 aromatic carbocycles. The van der Waals surface area contributed by atoms with Crippen molar-refractivity contribution in [2.45, 2.75) is 19.4 Å². The second kappa shape index (κ2) is 4.61. The van der Waals surface area contributed by atoms with Crippen molar-refractivity contribution in [3.8, 4) is 0 Å². The van der Waals surface area contributed by atoms with E-state index in [0.29, 0.717) is 12.1 Å². The van der Waals surface area contributed by atoms with E-state index in [1.165, 1.54) is 23.1 Å². The highest BCUT2D eigenvalue weighted by Gasteiger charge is 2.26. The highest BCUT2D eigenvalue weighted by Crippen LogP contribution is 2.15. The molecule has 0 radical (unpaired) electrons. The molecule has 1 rings (SSSR count). The topological polar surface area (TPSA) is 46.3 Å². The monoisotopic (exact) mass is 224 g/mol. The van der Waals surface area contributed by atoms with E-state index in [1.807, 2.05) is 13.8 Å². The molecule has 0 bridgehead atoms. The van der Waals surface area contributed by atoms with Gasteiger partial charge in [-0.3, -0.25) is 4.79 Å². The molecule has 88 valence electrons. The molecule has 1 amide bonds. The van der Waals surface area contributed by atoms with E-state index in [0.717, 1.165) is 0 Å². The maximum absolute atomic E-state index is 13.0. The summed E-state index contributed by atoms with van der Waals surface area (Å²) in [6.07, 6.45) is 0. The van der Waals surface area contributed by atoms with Crippen LogP contribution in [-0.2, 0) is 0 Å². The highest BCUT2D eigenvalue weighted by molar-refractivity contribution is 5.94. The molecular formula is C12H17FN2O. The summed E-state index contributed by atoms with van der Waals surface area (Å²) < 4.78 is 13.0. The number of rotatable bonds is 3. The van der Waals surface area contributed by atoms with Gasteiger partial charge in [-0.15, -0.1) is 0 Å². The van der Waals surface area contributed by atoms with E-state index in [9.17, 15) is 9.18 Å². The van der Waals surface area contributed by atoms with E-state index in [-0.39, 0.29) is 5.91 Å². The lowest BCUT2D eigenvalue weighted by molar-refractivity contribution is 0.0639. The number of carbonyl (C=O) groups is 1. The lowest BCUT2D eigenvalue weighted by Gasteiger charge is -2.34. The van der Waals surface area contributed by atoms with Crippen LogP contribution in [0.5, 0.6) is 0 Å². The Morgan fingerprint density at radius 1 is 1.50 bits per heavy atom. The molecule has 0 fully saturated rings. The van der Waals surface area contributed by atoms with Gasteiger partial charge in [0.1, 0.15) is 5.82 Å². The third-order valence-electron chi connectivity index (χ3n) is 2.78. The smallest absolute Gasteiger partial charge is 0.254 e. The van der Waals surface area contributed by atoms with Crippen molar-refractivity contribution in [2.75, 3.05) is 13.6 Å². The fourth-order valence-corrected chi connectivity index (χ4v) is 1.23. The summed E-state index contributed by atoms with van der Waals surface area (Å²) in [4.78, 5) is 13.5. The van der Waals surface area contributed by atoms with Crippen LogP contribution in [0.25, 0.3) is 0 Å². The first-order valence-corrected chi connectivity index (χ1v) is 5.12. The minimum absolute atomic E-state index is 0.227. The van der Waals surface area contributed by atoms with E-state index < -0.39 is 11.4 Å². The van der Waals surface area contributed by atoms with Gasteiger partial charge in [0, 0.05) is 24.7 Å². The minimum atomic E-state index is -0.441. The van der Waals surface area contributed by atoms with Crippen LogP contribution in [0.15, 0.2) is 24.3 Å². The molecule has 2 N–H and O–H groups in total. The predicted octanol–water partition coefficient (Wildman–Crippen LogP) is 1.64. The zero-order chi connectivity index (χ0) is 12.3. The Hall–Kier alpha value is -1.42. The molecule has 0 aliphatic rings. The number of hydrogen-bond donors (Lipinski definition) is 1. The number of benzene rings is 1. The molecule has 0 heterocycles. The molecule has 16 heavy (non-hydrogen) atoms. The van der Waals surface area contributed by atoms with E-state index in [1.54, 1.807) is 13.1 Å². The van der Waals surface area contributed by atoms with Gasteiger partial charge in [-0.05, 0) is 32.0 Å². The summed E-state index contributed by atoms with van der Waals surface area (Å²) in [5.74, 6) is -0.639. The first-order valence-electron chi connectivity index (χ1n) is 5.12.